The van der Waals surface area contributed by atoms with Crippen LogP contribution in [0.25, 0.3) is 10.9 Å². The van der Waals surface area contributed by atoms with Crippen molar-refractivity contribution in [3.63, 3.8) is 0 Å². The molecule has 22 heavy (non-hydrogen) atoms. The van der Waals surface area contributed by atoms with Gasteiger partial charge in [-0.1, -0.05) is 24.3 Å². The topological polar surface area (TPSA) is 48.0 Å². The Balaban J connectivity index is 1.53. The summed E-state index contributed by atoms with van der Waals surface area (Å²) in [6.07, 6.45) is 4.08. The molecule has 0 aliphatic rings. The van der Waals surface area contributed by atoms with Gasteiger partial charge < -0.3 is 15.4 Å². The van der Waals surface area contributed by atoms with E-state index in [9.17, 15) is 5.11 Å². The van der Waals surface area contributed by atoms with Gasteiger partial charge in [-0.15, -0.1) is 0 Å². The van der Waals surface area contributed by atoms with Crippen LogP contribution >= 0.6 is 0 Å². The zero-order chi connectivity index (χ0) is 15.4. The Labute approximate surface area is 131 Å². The molecule has 114 valence electrons. The number of hydrogen-bond donors (Lipinski definition) is 3. The molecule has 0 bridgehead atoms. The molecular formula is C19H22N2O. The first kappa shape index (κ1) is 14.7. The molecular weight excluding hydrogens is 272 g/mol. The third kappa shape index (κ3) is 3.49. The van der Waals surface area contributed by atoms with Gasteiger partial charge in [0.05, 0.1) is 0 Å². The lowest BCUT2D eigenvalue weighted by atomic mass is 10.1. The molecule has 3 heteroatoms. The largest absolute Gasteiger partial charge is 0.508 e. The number of phenolic OH excluding ortho intramolecular Hbond substituents is 1. The van der Waals surface area contributed by atoms with E-state index >= 15 is 0 Å². The van der Waals surface area contributed by atoms with Gasteiger partial charge in [-0.3, -0.25) is 0 Å². The van der Waals surface area contributed by atoms with Crippen LogP contribution in [0.15, 0.2) is 54.7 Å². The van der Waals surface area contributed by atoms with Gasteiger partial charge in [0.2, 0.25) is 0 Å². The van der Waals surface area contributed by atoms with Crippen molar-refractivity contribution in [3.8, 4) is 5.75 Å². The summed E-state index contributed by atoms with van der Waals surface area (Å²) in [4.78, 5) is 3.25. The molecule has 1 heterocycles. The van der Waals surface area contributed by atoms with Crippen molar-refractivity contribution in [1.82, 2.24) is 10.3 Å². The molecule has 2 aromatic carbocycles. The molecule has 0 fully saturated rings. The van der Waals surface area contributed by atoms with E-state index in [0.29, 0.717) is 11.8 Å². The van der Waals surface area contributed by atoms with E-state index in [2.05, 4.69) is 41.5 Å². The van der Waals surface area contributed by atoms with E-state index in [1.165, 1.54) is 22.0 Å². The lowest BCUT2D eigenvalue weighted by Crippen LogP contribution is -2.26. The summed E-state index contributed by atoms with van der Waals surface area (Å²) in [7, 11) is 0. The predicted octanol–water partition coefficient (Wildman–Crippen LogP) is 3.98. The summed E-state index contributed by atoms with van der Waals surface area (Å²) in [5.74, 6) is 0.328. The van der Waals surface area contributed by atoms with Crippen LogP contribution in [0.1, 0.15) is 24.5 Å². The summed E-state index contributed by atoms with van der Waals surface area (Å²) in [5.41, 5.74) is 3.78. The fourth-order valence-electron chi connectivity index (χ4n) is 2.74. The number of rotatable bonds is 6. The maximum atomic E-state index is 9.30. The van der Waals surface area contributed by atoms with Gasteiger partial charge in [0.15, 0.2) is 0 Å². The maximum absolute atomic E-state index is 9.30. The average Bonchev–Trinajstić information content (AvgIpc) is 3.01. The van der Waals surface area contributed by atoms with Crippen LogP contribution in [0.4, 0.5) is 0 Å². The SMILES string of the molecule is CC(CCc1ccc(O)cc1)NCc1cccc2[nH]ccc12. The number of nitrogens with one attached hydrogen (secondary N) is 2. The second-order valence-corrected chi connectivity index (χ2v) is 5.84. The molecule has 0 aliphatic carbocycles. The molecule has 0 saturated heterocycles. The number of H-pyrrole nitrogens is 1. The zero-order valence-electron chi connectivity index (χ0n) is 12.8. The Morgan fingerprint density at radius 1 is 1.09 bits per heavy atom. The highest BCUT2D eigenvalue weighted by Gasteiger charge is 2.05. The molecule has 0 spiro atoms. The van der Waals surface area contributed by atoms with Crippen molar-refractivity contribution in [3.05, 3.63) is 65.9 Å². The van der Waals surface area contributed by atoms with Gasteiger partial charge in [0.25, 0.3) is 0 Å². The zero-order valence-corrected chi connectivity index (χ0v) is 12.8. The highest BCUT2D eigenvalue weighted by atomic mass is 16.3. The minimum Gasteiger partial charge on any atom is -0.508 e. The molecule has 0 radical (unpaired) electrons. The smallest absolute Gasteiger partial charge is 0.115 e. The van der Waals surface area contributed by atoms with Crippen molar-refractivity contribution in [2.45, 2.75) is 32.4 Å². The number of phenols is 1. The summed E-state index contributed by atoms with van der Waals surface area (Å²) in [5, 5.41) is 14.2. The first-order valence-electron chi connectivity index (χ1n) is 7.78. The number of benzene rings is 2. The molecule has 1 aromatic heterocycles. The lowest BCUT2D eigenvalue weighted by Gasteiger charge is -2.14. The van der Waals surface area contributed by atoms with E-state index in [-0.39, 0.29) is 0 Å². The van der Waals surface area contributed by atoms with Gasteiger partial charge in [0.1, 0.15) is 5.75 Å². The molecule has 0 aliphatic heterocycles. The Morgan fingerprint density at radius 3 is 2.73 bits per heavy atom. The van der Waals surface area contributed by atoms with Crippen molar-refractivity contribution >= 4 is 10.9 Å². The van der Waals surface area contributed by atoms with Crippen LogP contribution < -0.4 is 5.32 Å². The third-order valence-corrected chi connectivity index (χ3v) is 4.13. The summed E-state index contributed by atoms with van der Waals surface area (Å²) in [6, 6.07) is 16.4. The minimum atomic E-state index is 0.328. The first-order chi connectivity index (χ1) is 10.7. The van der Waals surface area contributed by atoms with Gasteiger partial charge in [0, 0.05) is 29.7 Å². The summed E-state index contributed by atoms with van der Waals surface area (Å²) in [6.45, 7) is 3.10. The van der Waals surface area contributed by atoms with E-state index in [1.807, 2.05) is 18.3 Å². The van der Waals surface area contributed by atoms with E-state index in [1.54, 1.807) is 12.1 Å². The number of aromatic amines is 1. The maximum Gasteiger partial charge on any atom is 0.115 e. The van der Waals surface area contributed by atoms with Crippen LogP contribution in [0.3, 0.4) is 0 Å². The van der Waals surface area contributed by atoms with Gasteiger partial charge in [-0.25, -0.2) is 0 Å². The predicted molar refractivity (Wildman–Crippen MR) is 91.0 cm³/mol. The molecule has 1 unspecified atom stereocenters. The highest BCUT2D eigenvalue weighted by Crippen LogP contribution is 2.17. The van der Waals surface area contributed by atoms with Crippen LogP contribution in [0.2, 0.25) is 0 Å². The Kier molecular flexibility index (Phi) is 4.45. The fraction of sp³-hybridized carbons (Fsp3) is 0.263. The molecule has 3 nitrogen and oxygen atoms in total. The minimum absolute atomic E-state index is 0.328. The number of aryl methyl sites for hydroxylation is 1. The number of aromatic hydroxyl groups is 1. The Morgan fingerprint density at radius 2 is 1.91 bits per heavy atom. The second-order valence-electron chi connectivity index (χ2n) is 5.84. The van der Waals surface area contributed by atoms with Crippen molar-refractivity contribution in [2.24, 2.45) is 0 Å². The first-order valence-corrected chi connectivity index (χ1v) is 7.78. The number of aromatic nitrogens is 1. The molecule has 3 rings (SSSR count). The van der Waals surface area contributed by atoms with E-state index in [4.69, 9.17) is 0 Å². The van der Waals surface area contributed by atoms with Crippen molar-refractivity contribution in [2.75, 3.05) is 0 Å². The Hall–Kier alpha value is -2.26. The quantitative estimate of drug-likeness (QED) is 0.644. The van der Waals surface area contributed by atoms with Crippen LogP contribution in [0.5, 0.6) is 5.75 Å². The van der Waals surface area contributed by atoms with Crippen LogP contribution in [-0.2, 0) is 13.0 Å². The van der Waals surface area contributed by atoms with Gasteiger partial charge in [-0.05, 0) is 55.2 Å². The van der Waals surface area contributed by atoms with Crippen LogP contribution in [-0.4, -0.2) is 16.1 Å². The molecule has 3 aromatic rings. The van der Waals surface area contributed by atoms with E-state index in [0.717, 1.165) is 19.4 Å². The number of hydrogen-bond acceptors (Lipinski definition) is 2. The molecule has 0 amide bonds. The summed E-state index contributed by atoms with van der Waals surface area (Å²) >= 11 is 0. The van der Waals surface area contributed by atoms with Crippen LogP contribution in [0, 0.1) is 0 Å². The summed E-state index contributed by atoms with van der Waals surface area (Å²) < 4.78 is 0. The van der Waals surface area contributed by atoms with Crippen molar-refractivity contribution in [1.29, 1.82) is 0 Å². The Bertz CT molecular complexity index is 731. The monoisotopic (exact) mass is 294 g/mol. The molecule has 1 atom stereocenters. The number of fused-ring (bicyclic) bond motifs is 1. The average molecular weight is 294 g/mol. The van der Waals surface area contributed by atoms with Gasteiger partial charge in [-0.2, -0.15) is 0 Å². The lowest BCUT2D eigenvalue weighted by molar-refractivity contribution is 0.474. The van der Waals surface area contributed by atoms with Gasteiger partial charge >= 0.3 is 0 Å². The second kappa shape index (κ2) is 6.67. The van der Waals surface area contributed by atoms with E-state index < -0.39 is 0 Å². The highest BCUT2D eigenvalue weighted by molar-refractivity contribution is 5.82. The fourth-order valence-corrected chi connectivity index (χ4v) is 2.74. The standard InChI is InChI=1S/C19H22N2O/c1-14(5-6-15-7-9-17(22)10-8-15)21-13-16-3-2-4-19-18(16)11-12-20-19/h2-4,7-12,14,20-22H,5-6,13H2,1H3. The van der Waals surface area contributed by atoms with Crippen molar-refractivity contribution < 1.29 is 5.11 Å². The third-order valence-electron chi connectivity index (χ3n) is 4.13. The molecule has 3 N–H and O–H groups in total. The normalized spacial score (nSPS) is 12.6. The molecule has 0 saturated carbocycles.